The Morgan fingerprint density at radius 2 is 1.87 bits per heavy atom. The molecule has 1 aliphatic heterocycles. The normalized spacial score (nSPS) is 14.6. The third-order valence-electron chi connectivity index (χ3n) is 5.30. The Labute approximate surface area is 183 Å². The fourth-order valence-corrected chi connectivity index (χ4v) is 4.22. The van der Waals surface area contributed by atoms with Gasteiger partial charge >= 0.3 is 0 Å². The number of hydrogen-bond acceptors (Lipinski definition) is 5. The van der Waals surface area contributed by atoms with Gasteiger partial charge in [-0.3, -0.25) is 14.2 Å². The Kier molecular flexibility index (Phi) is 6.13. The first kappa shape index (κ1) is 21.2. The number of nitrogens with one attached hydrogen (secondary N) is 1. The quantitative estimate of drug-likeness (QED) is 0.610. The summed E-state index contributed by atoms with van der Waals surface area (Å²) < 4.78 is 20.5. The van der Waals surface area contributed by atoms with Crippen molar-refractivity contribution in [2.45, 2.75) is 31.0 Å². The molecule has 3 heterocycles. The summed E-state index contributed by atoms with van der Waals surface area (Å²) in [5.74, 6) is 0.272. The number of thioether (sulfide) groups is 1. The second kappa shape index (κ2) is 8.97. The highest BCUT2D eigenvalue weighted by Gasteiger charge is 2.28. The lowest BCUT2D eigenvalue weighted by Crippen LogP contribution is -2.46. The largest absolute Gasteiger partial charge is 0.456 e. The summed E-state index contributed by atoms with van der Waals surface area (Å²) in [6.45, 7) is 2.83. The highest BCUT2D eigenvalue weighted by atomic mass is 32.2. The van der Waals surface area contributed by atoms with E-state index in [2.05, 4.69) is 10.3 Å². The summed E-state index contributed by atoms with van der Waals surface area (Å²) in [6, 6.07) is 9.37. The lowest BCUT2D eigenvalue weighted by atomic mass is 10.0. The van der Waals surface area contributed by atoms with Crippen LogP contribution >= 0.6 is 11.8 Å². The van der Waals surface area contributed by atoms with Gasteiger partial charge < -0.3 is 14.6 Å². The molecule has 162 valence electrons. The van der Waals surface area contributed by atoms with Gasteiger partial charge in [0.15, 0.2) is 10.9 Å². The molecule has 31 heavy (non-hydrogen) atoms. The van der Waals surface area contributed by atoms with Crippen molar-refractivity contribution in [2.24, 2.45) is 0 Å². The van der Waals surface area contributed by atoms with E-state index in [9.17, 15) is 14.0 Å². The molecule has 1 saturated heterocycles. The number of amides is 2. The number of nitrogens with zero attached hydrogens (tertiary/aromatic N) is 3. The predicted molar refractivity (Wildman–Crippen MR) is 115 cm³/mol. The van der Waals surface area contributed by atoms with Gasteiger partial charge in [-0.25, -0.2) is 9.37 Å². The maximum Gasteiger partial charge on any atom is 0.287 e. The SMILES string of the molecule is CSc1ncc(C(=O)N2CCC(NC(=O)c3ccc(C)o3)CC2)n1-c1ccc(F)cc1. The number of carbonyl (C=O) groups is 2. The van der Waals surface area contributed by atoms with E-state index in [1.54, 1.807) is 46.9 Å². The number of aryl methyl sites for hydroxylation is 1. The van der Waals surface area contributed by atoms with E-state index in [4.69, 9.17) is 4.42 Å². The number of benzene rings is 1. The molecule has 0 bridgehead atoms. The van der Waals surface area contributed by atoms with Crippen molar-refractivity contribution in [3.8, 4) is 5.69 Å². The molecular formula is C22H23FN4O3S. The van der Waals surface area contributed by atoms with Crippen molar-refractivity contribution in [1.82, 2.24) is 19.8 Å². The molecule has 4 rings (SSSR count). The van der Waals surface area contributed by atoms with E-state index in [0.717, 1.165) is 0 Å². The first-order valence-electron chi connectivity index (χ1n) is 10.0. The molecule has 0 saturated carbocycles. The van der Waals surface area contributed by atoms with Gasteiger partial charge in [0.05, 0.1) is 6.20 Å². The van der Waals surface area contributed by atoms with Crippen molar-refractivity contribution in [3.05, 3.63) is 65.6 Å². The number of piperidine rings is 1. The molecule has 1 fully saturated rings. The molecule has 0 atom stereocenters. The van der Waals surface area contributed by atoms with E-state index in [0.29, 0.717) is 54.0 Å². The van der Waals surface area contributed by atoms with Gasteiger partial charge in [0.25, 0.3) is 11.8 Å². The topological polar surface area (TPSA) is 80.4 Å². The van der Waals surface area contributed by atoms with E-state index in [-0.39, 0.29) is 23.7 Å². The van der Waals surface area contributed by atoms with Crippen LogP contribution in [0.25, 0.3) is 5.69 Å². The number of carbonyl (C=O) groups excluding carboxylic acids is 2. The first-order chi connectivity index (χ1) is 15.0. The third kappa shape index (κ3) is 4.51. The van der Waals surface area contributed by atoms with Crippen molar-refractivity contribution in [3.63, 3.8) is 0 Å². The molecule has 1 N–H and O–H groups in total. The number of aromatic nitrogens is 2. The molecular weight excluding hydrogens is 419 g/mol. The predicted octanol–water partition coefficient (Wildman–Crippen LogP) is 3.67. The number of imidazole rings is 1. The monoisotopic (exact) mass is 442 g/mol. The lowest BCUT2D eigenvalue weighted by Gasteiger charge is -2.32. The summed E-state index contributed by atoms with van der Waals surface area (Å²) in [6.07, 6.45) is 4.74. The van der Waals surface area contributed by atoms with Crippen LogP contribution in [0, 0.1) is 12.7 Å². The van der Waals surface area contributed by atoms with Crippen LogP contribution in [0.4, 0.5) is 4.39 Å². The fraction of sp³-hybridized carbons (Fsp3) is 0.318. The van der Waals surface area contributed by atoms with Crippen molar-refractivity contribution >= 4 is 23.6 Å². The van der Waals surface area contributed by atoms with Crippen molar-refractivity contribution in [1.29, 1.82) is 0 Å². The van der Waals surface area contributed by atoms with Gasteiger partial charge in [-0.1, -0.05) is 11.8 Å². The average molecular weight is 443 g/mol. The number of likely N-dealkylation sites (tertiary alicyclic amines) is 1. The standard InChI is InChI=1S/C22H23FN4O3S/c1-14-3-8-19(30-14)20(28)25-16-9-11-26(12-10-16)21(29)18-13-24-22(31-2)27(18)17-6-4-15(23)5-7-17/h3-8,13,16H,9-12H2,1-2H3,(H,25,28). The van der Waals surface area contributed by atoms with Gasteiger partial charge in [-0.05, 0) is 62.4 Å². The van der Waals surface area contributed by atoms with Gasteiger partial charge in [0.1, 0.15) is 17.3 Å². The zero-order valence-electron chi connectivity index (χ0n) is 17.3. The molecule has 7 nitrogen and oxygen atoms in total. The molecule has 1 aromatic carbocycles. The lowest BCUT2D eigenvalue weighted by molar-refractivity contribution is 0.0687. The molecule has 3 aromatic rings. The number of hydrogen-bond donors (Lipinski definition) is 1. The Balaban J connectivity index is 1.44. The third-order valence-corrected chi connectivity index (χ3v) is 5.95. The minimum atomic E-state index is -0.337. The zero-order valence-corrected chi connectivity index (χ0v) is 18.1. The highest BCUT2D eigenvalue weighted by molar-refractivity contribution is 7.98. The molecule has 0 radical (unpaired) electrons. The molecule has 1 aliphatic rings. The smallest absolute Gasteiger partial charge is 0.287 e. The van der Waals surface area contributed by atoms with Crippen LogP contribution in [-0.2, 0) is 0 Å². The van der Waals surface area contributed by atoms with Crippen LogP contribution in [0.15, 0.2) is 52.2 Å². The minimum absolute atomic E-state index is 0.0225. The van der Waals surface area contributed by atoms with Gasteiger partial charge in [0.2, 0.25) is 0 Å². The molecule has 9 heteroatoms. The Hall–Kier alpha value is -3.07. The second-order valence-corrected chi connectivity index (χ2v) is 8.17. The molecule has 0 unspecified atom stereocenters. The van der Waals surface area contributed by atoms with Crippen LogP contribution in [0.5, 0.6) is 0 Å². The van der Waals surface area contributed by atoms with Gasteiger partial charge in [0, 0.05) is 24.8 Å². The van der Waals surface area contributed by atoms with Crippen LogP contribution in [-0.4, -0.2) is 51.7 Å². The number of halogens is 1. The maximum absolute atomic E-state index is 13.4. The number of furan rings is 1. The fourth-order valence-electron chi connectivity index (χ4n) is 3.67. The van der Waals surface area contributed by atoms with Crippen LogP contribution in [0.1, 0.15) is 39.6 Å². The van der Waals surface area contributed by atoms with E-state index >= 15 is 0 Å². The van der Waals surface area contributed by atoms with Gasteiger partial charge in [-0.2, -0.15) is 0 Å². The highest BCUT2D eigenvalue weighted by Crippen LogP contribution is 2.24. The summed E-state index contributed by atoms with van der Waals surface area (Å²) in [5.41, 5.74) is 1.12. The Morgan fingerprint density at radius 3 is 2.48 bits per heavy atom. The Morgan fingerprint density at radius 1 is 1.16 bits per heavy atom. The molecule has 0 spiro atoms. The summed E-state index contributed by atoms with van der Waals surface area (Å²) >= 11 is 1.42. The van der Waals surface area contributed by atoms with Crippen LogP contribution in [0.2, 0.25) is 0 Å². The van der Waals surface area contributed by atoms with E-state index in [1.165, 1.54) is 23.9 Å². The first-order valence-corrected chi connectivity index (χ1v) is 11.2. The van der Waals surface area contributed by atoms with Crippen molar-refractivity contribution in [2.75, 3.05) is 19.3 Å². The van der Waals surface area contributed by atoms with Crippen molar-refractivity contribution < 1.29 is 18.4 Å². The summed E-state index contributed by atoms with van der Waals surface area (Å²) in [7, 11) is 0. The van der Waals surface area contributed by atoms with Crippen LogP contribution < -0.4 is 5.32 Å². The molecule has 2 amide bonds. The average Bonchev–Trinajstić information content (AvgIpc) is 3.40. The molecule has 2 aromatic heterocycles. The minimum Gasteiger partial charge on any atom is -0.456 e. The Bertz CT molecular complexity index is 1080. The number of rotatable bonds is 5. The summed E-state index contributed by atoms with van der Waals surface area (Å²) in [5, 5.41) is 3.63. The molecule has 0 aliphatic carbocycles. The second-order valence-electron chi connectivity index (χ2n) is 7.39. The van der Waals surface area contributed by atoms with Crippen LogP contribution in [0.3, 0.4) is 0 Å². The summed E-state index contributed by atoms with van der Waals surface area (Å²) in [4.78, 5) is 31.6. The maximum atomic E-state index is 13.4. The van der Waals surface area contributed by atoms with E-state index in [1.807, 2.05) is 6.26 Å². The van der Waals surface area contributed by atoms with E-state index < -0.39 is 0 Å². The zero-order chi connectivity index (χ0) is 22.0. The van der Waals surface area contributed by atoms with Gasteiger partial charge in [-0.15, -0.1) is 0 Å².